The van der Waals surface area contributed by atoms with E-state index in [1.165, 1.54) is 6.92 Å². The molecule has 11 nitrogen and oxygen atoms in total. The molecule has 0 spiro atoms. The third-order valence-electron chi connectivity index (χ3n) is 9.82. The minimum Gasteiger partial charge on any atom is -0.497 e. The van der Waals surface area contributed by atoms with Gasteiger partial charge in [-0.2, -0.15) is 0 Å². The number of benzene rings is 3. The maximum Gasteiger partial charge on any atom is 0.251 e. The van der Waals surface area contributed by atoms with Crippen LogP contribution in [0.5, 0.6) is 11.5 Å². The number of nitrogens with one attached hydrogen (secondary N) is 1. The molecule has 0 fully saturated rings. The van der Waals surface area contributed by atoms with Gasteiger partial charge >= 0.3 is 0 Å². The Morgan fingerprint density at radius 2 is 1.59 bits per heavy atom. The van der Waals surface area contributed by atoms with Crippen molar-refractivity contribution in [3.05, 3.63) is 95.1 Å². The van der Waals surface area contributed by atoms with Crippen LogP contribution < -0.4 is 14.8 Å². The summed E-state index contributed by atoms with van der Waals surface area (Å²) in [6, 6.07) is 21.9. The highest BCUT2D eigenvalue weighted by atomic mass is 16.5. The second-order valence-electron chi connectivity index (χ2n) is 13.2. The molecule has 0 saturated carbocycles. The molecule has 0 radical (unpaired) electrons. The fourth-order valence-corrected chi connectivity index (χ4v) is 7.12. The monoisotopic (exact) mass is 698 g/mol. The van der Waals surface area contributed by atoms with Crippen molar-refractivity contribution in [3.63, 3.8) is 0 Å². The van der Waals surface area contributed by atoms with E-state index in [0.717, 1.165) is 16.7 Å². The zero-order valence-electron chi connectivity index (χ0n) is 29.9. The largest absolute Gasteiger partial charge is 0.497 e. The Balaban J connectivity index is 1.50. The normalized spacial score (nSPS) is 19.7. The van der Waals surface area contributed by atoms with Crippen LogP contribution in [0.2, 0.25) is 0 Å². The lowest BCUT2D eigenvalue weighted by atomic mass is 9.87. The van der Waals surface area contributed by atoms with E-state index in [1.807, 2.05) is 65.6 Å². The van der Waals surface area contributed by atoms with Crippen LogP contribution in [0.1, 0.15) is 91.1 Å². The lowest BCUT2D eigenvalue weighted by molar-refractivity contribution is -0.135. The molecule has 2 aliphatic heterocycles. The molecule has 2 aliphatic rings. The van der Waals surface area contributed by atoms with Crippen LogP contribution in [0.4, 0.5) is 0 Å². The standard InChI is InChI=1S/C40H50N4O7/c1-28(46)42-21-7-8-22-43(23-9-20-41-39(48)31-11-5-4-6-12-31)40(49)37-34-27-32(35(19-26-45)44(29(2)47)25-10-24-42)15-18-36(34)51-38(37)30-13-16-33(50-3)17-14-30/h4-6,11-18,27,35,37-38,45H,7-10,19-26H2,1-3H3,(H,41,48). The molecule has 51 heavy (non-hydrogen) atoms. The molecule has 0 saturated heterocycles. The molecule has 2 N–H and O–H groups in total. The molecule has 2 heterocycles. The number of carbonyl (C=O) groups excluding carboxylic acids is 4. The molecule has 0 aliphatic carbocycles. The van der Waals surface area contributed by atoms with E-state index >= 15 is 0 Å². The Hall–Kier alpha value is -4.90. The number of carbonyl (C=O) groups is 4. The number of aliphatic hydroxyl groups is 1. The Bertz CT molecular complexity index is 1650. The van der Waals surface area contributed by atoms with Crippen LogP contribution in [0.25, 0.3) is 0 Å². The summed E-state index contributed by atoms with van der Waals surface area (Å²) in [5.74, 6) is 0.175. The van der Waals surface area contributed by atoms with Gasteiger partial charge in [0.2, 0.25) is 17.7 Å². The summed E-state index contributed by atoms with van der Waals surface area (Å²) in [6.07, 6.45) is 2.22. The summed E-state index contributed by atoms with van der Waals surface area (Å²) in [6.45, 7) is 5.68. The van der Waals surface area contributed by atoms with Gasteiger partial charge in [-0.25, -0.2) is 0 Å². The van der Waals surface area contributed by atoms with Crippen molar-refractivity contribution in [1.82, 2.24) is 20.0 Å². The van der Waals surface area contributed by atoms with E-state index in [2.05, 4.69) is 5.32 Å². The highest BCUT2D eigenvalue weighted by molar-refractivity contribution is 5.94. The SMILES string of the molecule is COc1ccc(C2Oc3ccc4cc3C2C(=O)N(CCCNC(=O)c2ccccc2)CCCCN(C(C)=O)CCCN(C(C)=O)C4CCO)cc1. The van der Waals surface area contributed by atoms with E-state index in [1.54, 1.807) is 36.0 Å². The first-order valence-corrected chi connectivity index (χ1v) is 17.9. The van der Waals surface area contributed by atoms with E-state index in [-0.39, 0.29) is 30.2 Å². The molecular weight excluding hydrogens is 648 g/mol. The summed E-state index contributed by atoms with van der Waals surface area (Å²) in [5, 5.41) is 13.1. The smallest absolute Gasteiger partial charge is 0.251 e. The highest BCUT2D eigenvalue weighted by Crippen LogP contribution is 2.48. The average molecular weight is 699 g/mol. The molecule has 4 amide bonds. The topological polar surface area (TPSA) is 129 Å². The van der Waals surface area contributed by atoms with Crippen LogP contribution in [0.3, 0.4) is 0 Å². The van der Waals surface area contributed by atoms with Crippen molar-refractivity contribution < 1.29 is 33.8 Å². The predicted molar refractivity (Wildman–Crippen MR) is 193 cm³/mol. The van der Waals surface area contributed by atoms with Gasteiger partial charge in [-0.1, -0.05) is 36.4 Å². The van der Waals surface area contributed by atoms with E-state index in [4.69, 9.17) is 9.47 Å². The fraction of sp³-hybridized carbons (Fsp3) is 0.450. The van der Waals surface area contributed by atoms with Crippen molar-refractivity contribution in [2.45, 2.75) is 64.0 Å². The minimum atomic E-state index is -0.686. The van der Waals surface area contributed by atoms with Gasteiger partial charge in [-0.15, -0.1) is 0 Å². The highest BCUT2D eigenvalue weighted by Gasteiger charge is 2.43. The molecule has 0 aromatic heterocycles. The third-order valence-corrected chi connectivity index (χ3v) is 9.82. The van der Waals surface area contributed by atoms with Gasteiger partial charge < -0.3 is 34.6 Å². The summed E-state index contributed by atoms with van der Waals surface area (Å²) >= 11 is 0. The Labute approximate surface area is 300 Å². The first-order chi connectivity index (χ1) is 24.7. The maximum atomic E-state index is 14.9. The molecule has 11 heteroatoms. The van der Waals surface area contributed by atoms with E-state index in [0.29, 0.717) is 88.4 Å². The lowest BCUT2D eigenvalue weighted by Crippen LogP contribution is -2.40. The van der Waals surface area contributed by atoms with Gasteiger partial charge in [0, 0.05) is 70.8 Å². The Kier molecular flexibility index (Phi) is 13.1. The zero-order valence-corrected chi connectivity index (χ0v) is 29.9. The Morgan fingerprint density at radius 3 is 2.27 bits per heavy atom. The molecular formula is C40H50N4O7. The predicted octanol–water partition coefficient (Wildman–Crippen LogP) is 4.87. The van der Waals surface area contributed by atoms with Crippen molar-refractivity contribution >= 4 is 23.6 Å². The summed E-state index contributed by atoms with van der Waals surface area (Å²) in [7, 11) is 1.60. The van der Waals surface area contributed by atoms with Gasteiger partial charge in [0.1, 0.15) is 23.5 Å². The quantitative estimate of drug-likeness (QED) is 0.306. The van der Waals surface area contributed by atoms with E-state index < -0.39 is 18.1 Å². The second-order valence-corrected chi connectivity index (χ2v) is 13.2. The minimum absolute atomic E-state index is 0.0369. The number of hydrogen-bond donors (Lipinski definition) is 2. The maximum absolute atomic E-state index is 14.9. The van der Waals surface area contributed by atoms with Crippen LogP contribution in [0.15, 0.2) is 72.8 Å². The zero-order chi connectivity index (χ0) is 36.3. The number of amides is 4. The number of hydrogen-bond acceptors (Lipinski definition) is 7. The first-order valence-electron chi connectivity index (χ1n) is 17.9. The molecule has 272 valence electrons. The number of ether oxygens (including phenoxy) is 2. The molecule has 3 atom stereocenters. The van der Waals surface area contributed by atoms with Gasteiger partial charge in [0.25, 0.3) is 5.91 Å². The Morgan fingerprint density at radius 1 is 0.882 bits per heavy atom. The molecule has 2 bridgehead atoms. The summed E-state index contributed by atoms with van der Waals surface area (Å²) in [4.78, 5) is 58.6. The number of rotatable bonds is 9. The van der Waals surface area contributed by atoms with Crippen LogP contribution >= 0.6 is 0 Å². The van der Waals surface area contributed by atoms with Crippen molar-refractivity contribution in [2.75, 3.05) is 53.0 Å². The van der Waals surface area contributed by atoms with Crippen molar-refractivity contribution in [3.8, 4) is 11.5 Å². The van der Waals surface area contributed by atoms with E-state index in [9.17, 15) is 24.3 Å². The van der Waals surface area contributed by atoms with Crippen molar-refractivity contribution in [1.29, 1.82) is 0 Å². The van der Waals surface area contributed by atoms with Gasteiger partial charge in [0.05, 0.1) is 13.2 Å². The third kappa shape index (κ3) is 9.26. The summed E-state index contributed by atoms with van der Waals surface area (Å²) < 4.78 is 12.0. The van der Waals surface area contributed by atoms with Gasteiger partial charge in [0.15, 0.2) is 0 Å². The molecule has 5 rings (SSSR count). The van der Waals surface area contributed by atoms with Crippen LogP contribution in [-0.4, -0.2) is 96.4 Å². The number of nitrogens with zero attached hydrogens (tertiary/aromatic N) is 3. The lowest BCUT2D eigenvalue weighted by Gasteiger charge is -2.33. The fourth-order valence-electron chi connectivity index (χ4n) is 7.12. The molecule has 3 aromatic rings. The average Bonchev–Trinajstić information content (AvgIpc) is 3.52. The van der Waals surface area contributed by atoms with Gasteiger partial charge in [-0.05, 0) is 79.6 Å². The summed E-state index contributed by atoms with van der Waals surface area (Å²) in [5.41, 5.74) is 2.95. The molecule has 3 unspecified atom stereocenters. The van der Waals surface area contributed by atoms with Crippen LogP contribution in [-0.2, 0) is 14.4 Å². The van der Waals surface area contributed by atoms with Crippen molar-refractivity contribution in [2.24, 2.45) is 0 Å². The number of fused-ring (bicyclic) bond motifs is 1. The molecule has 3 aromatic carbocycles. The first kappa shape index (κ1) is 37.4. The number of methoxy groups -OCH3 is 1. The number of aliphatic hydroxyl groups excluding tert-OH is 1. The van der Waals surface area contributed by atoms with Gasteiger partial charge in [-0.3, -0.25) is 19.2 Å². The van der Waals surface area contributed by atoms with Crippen LogP contribution in [0, 0.1) is 0 Å². The second kappa shape index (κ2) is 17.8.